The molecule has 0 saturated carbocycles. The van der Waals surface area contributed by atoms with Crippen molar-refractivity contribution < 1.29 is 0 Å². The van der Waals surface area contributed by atoms with Crippen molar-refractivity contribution in [1.29, 1.82) is 0 Å². The quantitative estimate of drug-likeness (QED) is 0.458. The number of fused-ring (bicyclic) bond motifs is 2. The minimum absolute atomic E-state index is 0.505. The zero-order valence-corrected chi connectivity index (χ0v) is 10.5. The Morgan fingerprint density at radius 2 is 2.40 bits per heavy atom. The van der Waals surface area contributed by atoms with Gasteiger partial charge in [-0.25, -0.2) is 0 Å². The monoisotopic (exact) mass is 202 g/mol. The minimum atomic E-state index is 0.505. The lowest BCUT2D eigenvalue weighted by atomic mass is 9.32. The van der Waals surface area contributed by atoms with Crippen molar-refractivity contribution in [1.82, 2.24) is 0 Å². The Balaban J connectivity index is 2.10. The third-order valence-corrected chi connectivity index (χ3v) is 4.02. The predicted octanol–water partition coefficient (Wildman–Crippen LogP) is 4.43. The number of hydrogen-bond donors (Lipinski definition) is 0. The number of hydrogen-bond acceptors (Lipinski definition) is 0. The molecule has 1 aliphatic heterocycles. The maximum atomic E-state index is 4.07. The average Bonchev–Trinajstić information content (AvgIpc) is 1.96. The summed E-state index contributed by atoms with van der Waals surface area (Å²) < 4.78 is 0. The molecule has 0 nitrogen and oxygen atoms in total. The molecule has 0 spiro atoms. The van der Waals surface area contributed by atoms with Crippen LogP contribution in [0.25, 0.3) is 0 Å². The Labute approximate surface area is 94.9 Å². The SMILES string of the molecule is C=C(C)CB1CC2CC(C)=CC(C)(C1)C2. The van der Waals surface area contributed by atoms with Crippen LogP contribution in [0.4, 0.5) is 0 Å². The van der Waals surface area contributed by atoms with Crippen LogP contribution in [0.5, 0.6) is 0 Å². The summed E-state index contributed by atoms with van der Waals surface area (Å²) in [7, 11) is 0. The summed E-state index contributed by atoms with van der Waals surface area (Å²) in [5, 5.41) is 0. The van der Waals surface area contributed by atoms with E-state index >= 15 is 0 Å². The van der Waals surface area contributed by atoms with Gasteiger partial charge in [-0.2, -0.15) is 0 Å². The molecule has 0 radical (unpaired) electrons. The van der Waals surface area contributed by atoms with E-state index in [2.05, 4.69) is 33.4 Å². The Bertz CT molecular complexity index is 302. The van der Waals surface area contributed by atoms with Gasteiger partial charge in [-0.1, -0.05) is 43.1 Å². The lowest BCUT2D eigenvalue weighted by molar-refractivity contribution is 0.299. The molecule has 2 bridgehead atoms. The highest BCUT2D eigenvalue weighted by atomic mass is 14.4. The molecule has 1 heterocycles. The number of rotatable bonds is 2. The largest absolute Gasteiger partial charge is 0.145 e. The maximum absolute atomic E-state index is 4.07. The average molecular weight is 202 g/mol. The summed E-state index contributed by atoms with van der Waals surface area (Å²) >= 11 is 0. The zero-order valence-electron chi connectivity index (χ0n) is 10.5. The Morgan fingerprint density at radius 3 is 3.00 bits per heavy atom. The number of allylic oxidation sites excluding steroid dienone is 3. The fraction of sp³-hybridized carbons (Fsp3) is 0.714. The van der Waals surface area contributed by atoms with Crippen molar-refractivity contribution in [3.8, 4) is 0 Å². The molecule has 0 N–H and O–H groups in total. The highest BCUT2D eigenvalue weighted by Crippen LogP contribution is 2.48. The second kappa shape index (κ2) is 3.85. The molecule has 2 unspecified atom stereocenters. The normalized spacial score (nSPS) is 35.0. The molecule has 1 aliphatic carbocycles. The van der Waals surface area contributed by atoms with Gasteiger partial charge in [0.25, 0.3) is 0 Å². The Hall–Kier alpha value is -0.455. The molecule has 82 valence electrons. The van der Waals surface area contributed by atoms with Gasteiger partial charge in [0.05, 0.1) is 0 Å². The lowest BCUT2D eigenvalue weighted by Gasteiger charge is -2.44. The van der Waals surface area contributed by atoms with E-state index in [4.69, 9.17) is 0 Å². The van der Waals surface area contributed by atoms with E-state index in [0.29, 0.717) is 5.41 Å². The second-order valence-electron chi connectivity index (χ2n) is 6.39. The summed E-state index contributed by atoms with van der Waals surface area (Å²) in [4.78, 5) is 0. The molecule has 1 heteroatoms. The summed E-state index contributed by atoms with van der Waals surface area (Å²) in [6, 6.07) is 0. The molecule has 2 aliphatic rings. The van der Waals surface area contributed by atoms with E-state index in [1.807, 2.05) is 0 Å². The first-order valence-corrected chi connectivity index (χ1v) is 6.29. The molecule has 0 aromatic rings. The van der Waals surface area contributed by atoms with Crippen LogP contribution in [0.15, 0.2) is 23.8 Å². The van der Waals surface area contributed by atoms with Crippen molar-refractivity contribution in [3.05, 3.63) is 23.8 Å². The molecule has 2 rings (SSSR count). The van der Waals surface area contributed by atoms with Gasteiger partial charge in [-0.05, 0) is 38.0 Å². The van der Waals surface area contributed by atoms with Crippen LogP contribution in [0, 0.1) is 11.3 Å². The van der Waals surface area contributed by atoms with E-state index in [9.17, 15) is 0 Å². The predicted molar refractivity (Wildman–Crippen MR) is 69.6 cm³/mol. The van der Waals surface area contributed by atoms with Crippen molar-refractivity contribution in [3.63, 3.8) is 0 Å². The van der Waals surface area contributed by atoms with Gasteiger partial charge >= 0.3 is 0 Å². The molecule has 1 fully saturated rings. The van der Waals surface area contributed by atoms with E-state index in [0.717, 1.165) is 12.6 Å². The summed E-state index contributed by atoms with van der Waals surface area (Å²) in [5.74, 6) is 0.957. The first-order chi connectivity index (χ1) is 6.97. The van der Waals surface area contributed by atoms with Crippen LogP contribution in [-0.2, 0) is 0 Å². The first-order valence-electron chi connectivity index (χ1n) is 6.29. The molecular weight excluding hydrogens is 179 g/mol. The highest BCUT2D eigenvalue weighted by Gasteiger charge is 2.39. The Kier molecular flexibility index (Phi) is 2.83. The summed E-state index contributed by atoms with van der Waals surface area (Å²) in [5.41, 5.74) is 3.50. The van der Waals surface area contributed by atoms with Crippen molar-refractivity contribution in [2.45, 2.75) is 52.6 Å². The van der Waals surface area contributed by atoms with Gasteiger partial charge in [0.1, 0.15) is 6.71 Å². The zero-order chi connectivity index (χ0) is 11.1. The van der Waals surface area contributed by atoms with Crippen LogP contribution >= 0.6 is 0 Å². The van der Waals surface area contributed by atoms with Crippen molar-refractivity contribution in [2.75, 3.05) is 0 Å². The molecule has 2 atom stereocenters. The summed E-state index contributed by atoms with van der Waals surface area (Å²) in [6.45, 7) is 11.9. The molecular formula is C14H23B. The Morgan fingerprint density at radius 1 is 1.67 bits per heavy atom. The van der Waals surface area contributed by atoms with Gasteiger partial charge in [0.2, 0.25) is 0 Å². The molecule has 15 heavy (non-hydrogen) atoms. The third-order valence-electron chi connectivity index (χ3n) is 4.02. The van der Waals surface area contributed by atoms with Crippen LogP contribution in [0.3, 0.4) is 0 Å². The fourth-order valence-electron chi connectivity index (χ4n) is 4.07. The topological polar surface area (TPSA) is 0 Å². The summed E-state index contributed by atoms with van der Waals surface area (Å²) in [6.07, 6.45) is 9.40. The standard InChI is InChI=1S/C14H23B/c1-11(2)8-15-9-13-5-12(3)6-14(4,7-13)10-15/h6,13H,1,5,7-10H2,2-4H3. The van der Waals surface area contributed by atoms with E-state index in [1.165, 1.54) is 37.4 Å². The van der Waals surface area contributed by atoms with Gasteiger partial charge in [-0.3, -0.25) is 0 Å². The third kappa shape index (κ3) is 2.56. The van der Waals surface area contributed by atoms with Crippen molar-refractivity contribution >= 4 is 6.71 Å². The second-order valence-corrected chi connectivity index (χ2v) is 6.39. The van der Waals surface area contributed by atoms with E-state index < -0.39 is 0 Å². The van der Waals surface area contributed by atoms with Crippen LogP contribution in [0.1, 0.15) is 33.6 Å². The van der Waals surface area contributed by atoms with E-state index in [1.54, 1.807) is 5.57 Å². The van der Waals surface area contributed by atoms with Crippen LogP contribution < -0.4 is 0 Å². The van der Waals surface area contributed by atoms with Gasteiger partial charge < -0.3 is 0 Å². The van der Waals surface area contributed by atoms with Gasteiger partial charge in [0, 0.05) is 0 Å². The van der Waals surface area contributed by atoms with E-state index in [-0.39, 0.29) is 0 Å². The molecule has 0 aromatic heterocycles. The van der Waals surface area contributed by atoms with Gasteiger partial charge in [0.15, 0.2) is 0 Å². The van der Waals surface area contributed by atoms with Crippen molar-refractivity contribution in [2.24, 2.45) is 11.3 Å². The minimum Gasteiger partial charge on any atom is -0.101 e. The highest BCUT2D eigenvalue weighted by molar-refractivity contribution is 6.60. The maximum Gasteiger partial charge on any atom is 0.145 e. The van der Waals surface area contributed by atoms with Crippen LogP contribution in [0.2, 0.25) is 19.0 Å². The first kappa shape index (κ1) is 11.0. The fourth-order valence-corrected chi connectivity index (χ4v) is 4.07. The lowest BCUT2D eigenvalue weighted by Crippen LogP contribution is -2.36. The molecule has 0 aromatic carbocycles. The smallest absolute Gasteiger partial charge is 0.101 e. The molecule has 0 amide bonds. The molecule has 1 saturated heterocycles. The van der Waals surface area contributed by atoms with Crippen LogP contribution in [-0.4, -0.2) is 6.71 Å². The van der Waals surface area contributed by atoms with Gasteiger partial charge in [-0.15, -0.1) is 6.58 Å².